The number of benzene rings is 1. The van der Waals surface area contributed by atoms with Crippen LogP contribution in [0.25, 0.3) is 0 Å². The molecule has 6 heteroatoms. The third-order valence-corrected chi connectivity index (χ3v) is 4.17. The quantitative estimate of drug-likeness (QED) is 0.825. The minimum absolute atomic E-state index is 0.00792. The van der Waals surface area contributed by atoms with Gasteiger partial charge in [0.15, 0.2) is 6.61 Å². The molecular weight excluding hydrogens is 332 g/mol. The average molecular weight is 362 g/mol. The van der Waals surface area contributed by atoms with Crippen LogP contribution in [0.3, 0.4) is 0 Å². The van der Waals surface area contributed by atoms with Crippen molar-refractivity contribution in [3.63, 3.8) is 0 Å². The number of amides is 2. The van der Waals surface area contributed by atoms with E-state index in [9.17, 15) is 9.59 Å². The van der Waals surface area contributed by atoms with Gasteiger partial charge in [-0.2, -0.15) is 0 Å². The Kier molecular flexibility index (Phi) is 6.51. The van der Waals surface area contributed by atoms with Crippen LogP contribution in [0.15, 0.2) is 24.3 Å². The van der Waals surface area contributed by atoms with Crippen molar-refractivity contribution in [1.29, 1.82) is 0 Å². The Labute approximate surface area is 156 Å². The number of piperazine rings is 1. The van der Waals surface area contributed by atoms with Crippen LogP contribution >= 0.6 is 0 Å². The molecule has 26 heavy (non-hydrogen) atoms. The summed E-state index contributed by atoms with van der Waals surface area (Å²) in [7, 11) is 0. The van der Waals surface area contributed by atoms with Crippen molar-refractivity contribution >= 4 is 12.0 Å². The van der Waals surface area contributed by atoms with Gasteiger partial charge in [-0.1, -0.05) is 26.0 Å². The molecule has 1 heterocycles. The smallest absolute Gasteiger partial charge is 0.410 e. The van der Waals surface area contributed by atoms with E-state index in [1.165, 1.54) is 5.56 Å². The molecule has 1 aliphatic rings. The van der Waals surface area contributed by atoms with Crippen molar-refractivity contribution in [2.75, 3.05) is 32.8 Å². The molecule has 2 rings (SSSR count). The summed E-state index contributed by atoms with van der Waals surface area (Å²) in [5.74, 6) is 1.05. The topological polar surface area (TPSA) is 59.1 Å². The fourth-order valence-electron chi connectivity index (χ4n) is 2.66. The maximum Gasteiger partial charge on any atom is 0.410 e. The van der Waals surface area contributed by atoms with Gasteiger partial charge in [-0.25, -0.2) is 4.79 Å². The summed E-state index contributed by atoms with van der Waals surface area (Å²) in [4.78, 5) is 27.8. The summed E-state index contributed by atoms with van der Waals surface area (Å²) >= 11 is 0. The number of rotatable bonds is 4. The van der Waals surface area contributed by atoms with Crippen LogP contribution in [0, 0.1) is 0 Å². The van der Waals surface area contributed by atoms with Crippen LogP contribution in [-0.2, 0) is 9.53 Å². The standard InChI is InChI=1S/C20H30N2O4/c1-15(2)16-7-6-8-17(13-16)25-14-18(23)21-9-11-22(12-10-21)19(24)26-20(3,4)5/h6-8,13,15H,9-12,14H2,1-5H3. The molecule has 1 aromatic carbocycles. The molecule has 0 aliphatic carbocycles. The maximum absolute atomic E-state index is 12.4. The van der Waals surface area contributed by atoms with Crippen molar-refractivity contribution in [3.8, 4) is 5.75 Å². The minimum Gasteiger partial charge on any atom is -0.484 e. The van der Waals surface area contributed by atoms with Crippen LogP contribution in [0.4, 0.5) is 4.79 Å². The highest BCUT2D eigenvalue weighted by atomic mass is 16.6. The maximum atomic E-state index is 12.4. The molecule has 144 valence electrons. The van der Waals surface area contributed by atoms with Gasteiger partial charge in [0.25, 0.3) is 5.91 Å². The number of hydrogen-bond acceptors (Lipinski definition) is 4. The minimum atomic E-state index is -0.512. The first-order chi connectivity index (χ1) is 12.2. The van der Waals surface area contributed by atoms with Gasteiger partial charge in [0.1, 0.15) is 11.4 Å². The van der Waals surface area contributed by atoms with Crippen LogP contribution in [0.2, 0.25) is 0 Å². The number of carbonyl (C=O) groups is 2. The van der Waals surface area contributed by atoms with Gasteiger partial charge in [-0.15, -0.1) is 0 Å². The van der Waals surface area contributed by atoms with Crippen molar-refractivity contribution < 1.29 is 19.1 Å². The lowest BCUT2D eigenvalue weighted by atomic mass is 10.0. The van der Waals surface area contributed by atoms with Crippen LogP contribution in [0.1, 0.15) is 46.1 Å². The molecule has 6 nitrogen and oxygen atoms in total. The van der Waals surface area contributed by atoms with Gasteiger partial charge in [0.2, 0.25) is 0 Å². The number of ether oxygens (including phenoxy) is 2. The van der Waals surface area contributed by atoms with Crippen LogP contribution < -0.4 is 4.74 Å². The van der Waals surface area contributed by atoms with E-state index in [2.05, 4.69) is 19.9 Å². The highest BCUT2D eigenvalue weighted by Gasteiger charge is 2.27. The zero-order valence-electron chi connectivity index (χ0n) is 16.4. The first-order valence-corrected chi connectivity index (χ1v) is 9.14. The second kappa shape index (κ2) is 8.43. The lowest BCUT2D eigenvalue weighted by Gasteiger charge is -2.35. The summed E-state index contributed by atoms with van der Waals surface area (Å²) in [6, 6.07) is 7.82. The van der Waals surface area contributed by atoms with Crippen molar-refractivity contribution in [3.05, 3.63) is 29.8 Å². The van der Waals surface area contributed by atoms with Crippen molar-refractivity contribution in [1.82, 2.24) is 9.80 Å². The van der Waals surface area contributed by atoms with Crippen LogP contribution in [-0.4, -0.2) is 60.2 Å². The van der Waals surface area contributed by atoms with E-state index >= 15 is 0 Å². The molecule has 0 aromatic heterocycles. The molecule has 0 N–H and O–H groups in total. The van der Waals surface area contributed by atoms with Crippen molar-refractivity contribution in [2.24, 2.45) is 0 Å². The Balaban J connectivity index is 1.80. The Hall–Kier alpha value is -2.24. The van der Waals surface area contributed by atoms with Gasteiger partial charge < -0.3 is 19.3 Å². The van der Waals surface area contributed by atoms with E-state index in [-0.39, 0.29) is 18.6 Å². The summed E-state index contributed by atoms with van der Waals surface area (Å²) in [5.41, 5.74) is 0.670. The molecule has 1 aromatic rings. The predicted octanol–water partition coefficient (Wildman–Crippen LogP) is 3.27. The molecule has 0 atom stereocenters. The SMILES string of the molecule is CC(C)c1cccc(OCC(=O)N2CCN(C(=O)OC(C)(C)C)CC2)c1. The number of carbonyl (C=O) groups excluding carboxylic acids is 2. The lowest BCUT2D eigenvalue weighted by Crippen LogP contribution is -2.52. The Morgan fingerprint density at radius 3 is 2.27 bits per heavy atom. The summed E-state index contributed by atoms with van der Waals surface area (Å²) in [5, 5.41) is 0. The van der Waals surface area contributed by atoms with E-state index in [0.29, 0.717) is 37.8 Å². The monoisotopic (exact) mass is 362 g/mol. The van der Waals surface area contributed by atoms with E-state index in [1.54, 1.807) is 9.80 Å². The zero-order valence-corrected chi connectivity index (χ0v) is 16.4. The normalized spacial score (nSPS) is 15.2. The predicted molar refractivity (Wildman–Crippen MR) is 100 cm³/mol. The third kappa shape index (κ3) is 5.93. The Bertz CT molecular complexity index is 629. The number of nitrogens with zero attached hydrogens (tertiary/aromatic N) is 2. The van der Waals surface area contributed by atoms with Gasteiger partial charge in [0.05, 0.1) is 0 Å². The fraction of sp³-hybridized carbons (Fsp3) is 0.600. The van der Waals surface area contributed by atoms with Gasteiger partial charge in [-0.3, -0.25) is 4.79 Å². The highest BCUT2D eigenvalue weighted by Crippen LogP contribution is 2.20. The molecule has 0 bridgehead atoms. The van der Waals surface area contributed by atoms with Gasteiger partial charge in [0, 0.05) is 26.2 Å². The molecule has 0 radical (unpaired) electrons. The largest absolute Gasteiger partial charge is 0.484 e. The molecule has 2 amide bonds. The summed E-state index contributed by atoms with van der Waals surface area (Å²) in [6.07, 6.45) is -0.327. The Morgan fingerprint density at radius 2 is 1.69 bits per heavy atom. The molecule has 1 aliphatic heterocycles. The van der Waals surface area contributed by atoms with E-state index in [4.69, 9.17) is 9.47 Å². The second-order valence-electron chi connectivity index (χ2n) is 7.86. The number of hydrogen-bond donors (Lipinski definition) is 0. The van der Waals surface area contributed by atoms with Gasteiger partial charge in [-0.05, 0) is 44.4 Å². The first-order valence-electron chi connectivity index (χ1n) is 9.14. The van der Waals surface area contributed by atoms with Crippen molar-refractivity contribution in [2.45, 2.75) is 46.1 Å². The fourth-order valence-corrected chi connectivity index (χ4v) is 2.66. The zero-order chi connectivity index (χ0) is 19.3. The summed E-state index contributed by atoms with van der Waals surface area (Å²) < 4.78 is 11.0. The second-order valence-corrected chi connectivity index (χ2v) is 7.86. The Morgan fingerprint density at radius 1 is 1.08 bits per heavy atom. The van der Waals surface area contributed by atoms with Gasteiger partial charge >= 0.3 is 6.09 Å². The van der Waals surface area contributed by atoms with E-state index in [1.807, 2.05) is 39.0 Å². The third-order valence-electron chi connectivity index (χ3n) is 4.17. The van der Waals surface area contributed by atoms with E-state index in [0.717, 1.165) is 0 Å². The molecular formula is C20H30N2O4. The molecule has 1 saturated heterocycles. The van der Waals surface area contributed by atoms with Crippen LogP contribution in [0.5, 0.6) is 5.75 Å². The average Bonchev–Trinajstić information content (AvgIpc) is 2.58. The molecule has 0 spiro atoms. The first kappa shape index (κ1) is 20.1. The highest BCUT2D eigenvalue weighted by molar-refractivity contribution is 5.78. The molecule has 0 saturated carbocycles. The molecule has 0 unspecified atom stereocenters. The lowest BCUT2D eigenvalue weighted by molar-refractivity contribution is -0.135. The summed E-state index contributed by atoms with van der Waals surface area (Å²) in [6.45, 7) is 11.7. The molecule has 1 fully saturated rings. The van der Waals surface area contributed by atoms with E-state index < -0.39 is 5.60 Å².